The van der Waals surface area contributed by atoms with Crippen LogP contribution in [0.3, 0.4) is 0 Å². The number of benzene rings is 3. The lowest BCUT2D eigenvalue weighted by Gasteiger charge is -2.42. The van der Waals surface area contributed by atoms with Crippen molar-refractivity contribution in [1.82, 2.24) is 14.9 Å². The molecule has 6 rings (SSSR count). The standard InChI is InChI=1S/C36H40ClF3N6S2/c1-23(2)35(3)13-12-29(24-4-6-26(37)7-5-24)25(20-35)21-45-14-16-46(17-15-45)27-8-10-30-32(18-27)42-22-43-34(30)44-48-28-9-11-31(41)33(19-28)47-36(38,39)40/h4-11,18-19,22-23H,12-17,20-21,41H2,1-3H3,(H,42,43,44). The first-order valence-electron chi connectivity index (χ1n) is 16.1. The van der Waals surface area contributed by atoms with E-state index in [4.69, 9.17) is 17.3 Å². The van der Waals surface area contributed by atoms with Crippen molar-refractivity contribution >= 4 is 69.0 Å². The topological polar surface area (TPSA) is 70.3 Å². The molecule has 254 valence electrons. The average molecular weight is 713 g/mol. The molecule has 3 N–H and O–H groups in total. The van der Waals surface area contributed by atoms with Gasteiger partial charge in [-0.25, -0.2) is 9.97 Å². The number of allylic oxidation sites excluding steroid dienone is 1. The summed E-state index contributed by atoms with van der Waals surface area (Å²) in [6.45, 7) is 11.9. The number of aromatic nitrogens is 2. The zero-order valence-electron chi connectivity index (χ0n) is 27.3. The van der Waals surface area contributed by atoms with Crippen LogP contribution in [-0.2, 0) is 0 Å². The van der Waals surface area contributed by atoms with E-state index in [0.717, 1.165) is 67.2 Å². The van der Waals surface area contributed by atoms with Crippen LogP contribution >= 0.6 is 35.3 Å². The van der Waals surface area contributed by atoms with Crippen molar-refractivity contribution in [3.8, 4) is 0 Å². The third kappa shape index (κ3) is 8.18. The molecule has 0 spiro atoms. The lowest BCUT2D eigenvalue weighted by atomic mass is 9.66. The highest BCUT2D eigenvalue weighted by Gasteiger charge is 2.35. The van der Waals surface area contributed by atoms with E-state index in [2.05, 4.69) is 69.5 Å². The van der Waals surface area contributed by atoms with Crippen LogP contribution in [0.25, 0.3) is 16.5 Å². The molecule has 0 bridgehead atoms. The predicted molar refractivity (Wildman–Crippen MR) is 196 cm³/mol. The largest absolute Gasteiger partial charge is 0.446 e. The van der Waals surface area contributed by atoms with Crippen LogP contribution in [0.1, 0.15) is 45.6 Å². The maximum absolute atomic E-state index is 12.9. The Hall–Kier alpha value is -3.12. The maximum atomic E-state index is 12.9. The molecule has 1 aliphatic carbocycles. The van der Waals surface area contributed by atoms with Crippen LogP contribution in [0.2, 0.25) is 5.02 Å². The smallest absolute Gasteiger partial charge is 0.398 e. The molecule has 1 atom stereocenters. The summed E-state index contributed by atoms with van der Waals surface area (Å²) in [5.41, 5.74) is 7.99. The number of nitrogens with two attached hydrogens (primary N) is 1. The van der Waals surface area contributed by atoms with E-state index < -0.39 is 5.51 Å². The van der Waals surface area contributed by atoms with Gasteiger partial charge in [0.1, 0.15) is 12.1 Å². The number of halogens is 4. The molecule has 12 heteroatoms. The number of alkyl halides is 3. The van der Waals surface area contributed by atoms with Crippen molar-refractivity contribution in [3.05, 3.63) is 83.2 Å². The van der Waals surface area contributed by atoms with E-state index in [-0.39, 0.29) is 22.3 Å². The molecule has 0 radical (unpaired) electrons. The lowest BCUT2D eigenvalue weighted by molar-refractivity contribution is -0.0328. The van der Waals surface area contributed by atoms with Crippen LogP contribution in [0.15, 0.2) is 82.4 Å². The third-order valence-electron chi connectivity index (χ3n) is 9.82. The minimum absolute atomic E-state index is 0.0296. The van der Waals surface area contributed by atoms with Crippen LogP contribution in [0, 0.1) is 11.3 Å². The fourth-order valence-electron chi connectivity index (χ4n) is 6.57. The number of hydrogen-bond acceptors (Lipinski definition) is 8. The Labute approximate surface area is 293 Å². The molecule has 2 aliphatic rings. The van der Waals surface area contributed by atoms with Gasteiger partial charge >= 0.3 is 5.51 Å². The minimum Gasteiger partial charge on any atom is -0.398 e. The number of nitrogens with zero attached hydrogens (tertiary/aromatic N) is 4. The van der Waals surface area contributed by atoms with Crippen molar-refractivity contribution in [2.24, 2.45) is 11.3 Å². The predicted octanol–water partition coefficient (Wildman–Crippen LogP) is 10.0. The van der Waals surface area contributed by atoms with Gasteiger partial charge in [0.25, 0.3) is 0 Å². The number of hydrogen-bond donors (Lipinski definition) is 2. The number of thioether (sulfide) groups is 1. The van der Waals surface area contributed by atoms with Gasteiger partial charge in [-0.2, -0.15) is 13.2 Å². The van der Waals surface area contributed by atoms with Crippen LogP contribution in [0.4, 0.5) is 30.4 Å². The maximum Gasteiger partial charge on any atom is 0.446 e. The second-order valence-electron chi connectivity index (χ2n) is 13.2. The first-order valence-corrected chi connectivity index (χ1v) is 18.1. The van der Waals surface area contributed by atoms with Crippen LogP contribution < -0.4 is 15.4 Å². The second-order valence-corrected chi connectivity index (χ2v) is 15.6. The number of fused-ring (bicyclic) bond motifs is 1. The molecule has 1 aliphatic heterocycles. The molecule has 4 aromatic rings. The van der Waals surface area contributed by atoms with Gasteiger partial charge in [0.15, 0.2) is 0 Å². The Morgan fingerprint density at radius 1 is 1.00 bits per heavy atom. The fourth-order valence-corrected chi connectivity index (χ4v) is 8.08. The lowest BCUT2D eigenvalue weighted by Crippen LogP contribution is -2.47. The van der Waals surface area contributed by atoms with Crippen molar-refractivity contribution < 1.29 is 13.2 Å². The minimum atomic E-state index is -4.41. The molecular weight excluding hydrogens is 673 g/mol. The first-order chi connectivity index (χ1) is 22.9. The number of rotatable bonds is 9. The summed E-state index contributed by atoms with van der Waals surface area (Å²) in [6.07, 6.45) is 4.92. The van der Waals surface area contributed by atoms with Gasteiger partial charge in [-0.1, -0.05) is 50.1 Å². The summed E-state index contributed by atoms with van der Waals surface area (Å²) < 4.78 is 42.0. The zero-order valence-corrected chi connectivity index (χ0v) is 29.7. The molecular formula is C36H40ClF3N6S2. The SMILES string of the molecule is CC(C)C1(C)CCC(c2ccc(Cl)cc2)=C(CN2CCN(c3ccc4c(NSc5ccc(N)c(SC(F)(F)F)c5)ncnc4c3)CC2)C1. The van der Waals surface area contributed by atoms with Crippen molar-refractivity contribution in [3.63, 3.8) is 0 Å². The Balaban J connectivity index is 1.12. The fraction of sp³-hybridized carbons (Fsp3) is 0.389. The Kier molecular flexibility index (Phi) is 10.4. The second kappa shape index (κ2) is 14.4. The van der Waals surface area contributed by atoms with Gasteiger partial charge in [-0.05, 0) is 114 Å². The van der Waals surface area contributed by atoms with E-state index in [9.17, 15) is 13.2 Å². The molecule has 48 heavy (non-hydrogen) atoms. The van der Waals surface area contributed by atoms with Gasteiger partial charge in [-0.15, -0.1) is 0 Å². The summed E-state index contributed by atoms with van der Waals surface area (Å²) in [4.78, 5) is 14.5. The Bertz CT molecular complexity index is 1790. The molecule has 1 fully saturated rings. The third-order valence-corrected chi connectivity index (χ3v) is 11.7. The summed E-state index contributed by atoms with van der Waals surface area (Å²) in [7, 11) is 0. The van der Waals surface area contributed by atoms with Crippen molar-refractivity contribution in [1.29, 1.82) is 0 Å². The monoisotopic (exact) mass is 712 g/mol. The number of nitrogens with one attached hydrogen (secondary N) is 1. The molecule has 2 heterocycles. The van der Waals surface area contributed by atoms with Crippen molar-refractivity contribution in [2.75, 3.05) is 48.1 Å². The zero-order chi connectivity index (χ0) is 34.1. The van der Waals surface area contributed by atoms with Crippen molar-refractivity contribution in [2.45, 2.75) is 55.3 Å². The number of anilines is 3. The highest BCUT2D eigenvalue weighted by atomic mass is 35.5. The summed E-state index contributed by atoms with van der Waals surface area (Å²) in [6, 6.07) is 19.1. The Morgan fingerprint density at radius 2 is 1.75 bits per heavy atom. The molecule has 6 nitrogen and oxygen atoms in total. The van der Waals surface area contributed by atoms with Gasteiger partial charge < -0.3 is 15.4 Å². The summed E-state index contributed by atoms with van der Waals surface area (Å²) >= 11 is 7.19. The van der Waals surface area contributed by atoms with Crippen LogP contribution in [0.5, 0.6) is 0 Å². The molecule has 3 aromatic carbocycles. The first kappa shape index (κ1) is 34.7. The number of piperazine rings is 1. The van der Waals surface area contributed by atoms with E-state index >= 15 is 0 Å². The molecule has 0 saturated carbocycles. The van der Waals surface area contributed by atoms with Crippen LogP contribution in [-0.4, -0.2) is 53.1 Å². The quantitative estimate of drug-likeness (QED) is 0.101. The van der Waals surface area contributed by atoms with Gasteiger partial charge in [-0.3, -0.25) is 4.90 Å². The van der Waals surface area contributed by atoms with E-state index in [1.54, 1.807) is 11.6 Å². The molecule has 1 saturated heterocycles. The molecule has 1 aromatic heterocycles. The van der Waals surface area contributed by atoms with E-state index in [1.165, 1.54) is 48.0 Å². The summed E-state index contributed by atoms with van der Waals surface area (Å²) in [5, 5.41) is 1.60. The van der Waals surface area contributed by atoms with Gasteiger partial charge in [0.05, 0.1) is 5.52 Å². The van der Waals surface area contributed by atoms with Gasteiger partial charge in [0.2, 0.25) is 0 Å². The van der Waals surface area contributed by atoms with Gasteiger partial charge in [0, 0.05) is 64.3 Å². The normalized spacial score (nSPS) is 19.4. The highest BCUT2D eigenvalue weighted by Crippen LogP contribution is 2.47. The highest BCUT2D eigenvalue weighted by molar-refractivity contribution is 8.01. The average Bonchev–Trinajstić information content (AvgIpc) is 3.05. The summed E-state index contributed by atoms with van der Waals surface area (Å²) in [5.74, 6) is 1.21. The van der Waals surface area contributed by atoms with E-state index in [1.807, 2.05) is 18.2 Å². The Morgan fingerprint density at radius 3 is 2.46 bits per heavy atom. The number of nitrogen functional groups attached to an aromatic ring is 1. The molecule has 0 amide bonds. The molecule has 1 unspecified atom stereocenters. The van der Waals surface area contributed by atoms with E-state index in [0.29, 0.717) is 22.0 Å².